The minimum atomic E-state index is -0.492. The molecule has 0 bridgehead atoms. The van der Waals surface area contributed by atoms with Gasteiger partial charge in [-0.1, -0.05) is 13.8 Å². The number of carbonyl (C=O) groups is 1. The smallest absolute Gasteiger partial charge is 0.290 e. The highest BCUT2D eigenvalue weighted by Crippen LogP contribution is 2.38. The first-order valence-electron chi connectivity index (χ1n) is 10.8. The van der Waals surface area contributed by atoms with Crippen LogP contribution in [0.2, 0.25) is 0 Å². The van der Waals surface area contributed by atoms with Gasteiger partial charge in [0.1, 0.15) is 11.3 Å². The molecule has 31 heavy (non-hydrogen) atoms. The number of likely N-dealkylation sites (N-methyl/N-ethyl adjacent to an activating group) is 1. The van der Waals surface area contributed by atoms with Crippen LogP contribution < -0.4 is 10.2 Å². The molecule has 0 radical (unpaired) electrons. The largest absolute Gasteiger partial charge is 0.494 e. The van der Waals surface area contributed by atoms with Crippen molar-refractivity contribution in [3.05, 3.63) is 69.8 Å². The predicted octanol–water partition coefficient (Wildman–Crippen LogP) is 3.47. The molecule has 0 aliphatic carbocycles. The van der Waals surface area contributed by atoms with Crippen molar-refractivity contribution in [2.75, 3.05) is 32.8 Å². The molecule has 4 rings (SSSR count). The number of fused-ring (bicyclic) bond motifs is 2. The number of aromatic nitrogens is 1. The van der Waals surface area contributed by atoms with Crippen LogP contribution in [-0.4, -0.2) is 53.5 Å². The lowest BCUT2D eigenvalue weighted by molar-refractivity contribution is 0.0708. The van der Waals surface area contributed by atoms with Crippen molar-refractivity contribution in [1.82, 2.24) is 14.8 Å². The van der Waals surface area contributed by atoms with Crippen LogP contribution >= 0.6 is 0 Å². The van der Waals surface area contributed by atoms with Gasteiger partial charge in [0.2, 0.25) is 5.76 Å². The van der Waals surface area contributed by atoms with Crippen molar-refractivity contribution in [2.24, 2.45) is 0 Å². The molecule has 1 aromatic carbocycles. The molecule has 1 atom stereocenters. The summed E-state index contributed by atoms with van der Waals surface area (Å²) < 4.78 is 11.6. The molecule has 162 valence electrons. The average Bonchev–Trinajstić information content (AvgIpc) is 3.07. The normalized spacial score (nSPS) is 15.7. The summed E-state index contributed by atoms with van der Waals surface area (Å²) in [5.74, 6) is 0.463. The molecule has 0 fully saturated rings. The Labute approximate surface area is 181 Å². The van der Waals surface area contributed by atoms with Gasteiger partial charge in [-0.3, -0.25) is 14.6 Å². The van der Waals surface area contributed by atoms with E-state index in [4.69, 9.17) is 9.15 Å². The summed E-state index contributed by atoms with van der Waals surface area (Å²) in [5, 5.41) is 0.444. The van der Waals surface area contributed by atoms with Crippen molar-refractivity contribution in [1.29, 1.82) is 0 Å². The fourth-order valence-corrected chi connectivity index (χ4v) is 4.17. The molecular weight excluding hydrogens is 394 g/mol. The van der Waals surface area contributed by atoms with Crippen molar-refractivity contribution < 1.29 is 13.9 Å². The monoisotopic (exact) mass is 421 g/mol. The van der Waals surface area contributed by atoms with Gasteiger partial charge in [0.15, 0.2) is 5.43 Å². The molecule has 7 nitrogen and oxygen atoms in total. The fraction of sp³-hybridized carbons (Fsp3) is 0.375. The number of carbonyl (C=O) groups excluding carboxylic acids is 1. The maximum atomic E-state index is 13.5. The van der Waals surface area contributed by atoms with Gasteiger partial charge in [-0.15, -0.1) is 0 Å². The minimum Gasteiger partial charge on any atom is -0.494 e. The zero-order chi connectivity index (χ0) is 22.0. The van der Waals surface area contributed by atoms with E-state index in [1.165, 1.54) is 0 Å². The quantitative estimate of drug-likeness (QED) is 0.554. The molecule has 7 heteroatoms. The molecule has 3 heterocycles. The Morgan fingerprint density at radius 1 is 1.10 bits per heavy atom. The van der Waals surface area contributed by atoms with E-state index in [1.807, 2.05) is 19.1 Å². The molecule has 1 amide bonds. The predicted molar refractivity (Wildman–Crippen MR) is 119 cm³/mol. The number of hydrogen-bond acceptors (Lipinski definition) is 6. The average molecular weight is 421 g/mol. The first-order chi connectivity index (χ1) is 15.1. The van der Waals surface area contributed by atoms with Gasteiger partial charge in [-0.2, -0.15) is 0 Å². The van der Waals surface area contributed by atoms with Crippen LogP contribution in [0.5, 0.6) is 5.75 Å². The summed E-state index contributed by atoms with van der Waals surface area (Å²) in [6, 6.07) is 8.34. The van der Waals surface area contributed by atoms with E-state index in [2.05, 4.69) is 23.7 Å². The van der Waals surface area contributed by atoms with Gasteiger partial charge in [-0.25, -0.2) is 0 Å². The van der Waals surface area contributed by atoms with Crippen LogP contribution in [0, 0.1) is 0 Å². The first-order valence-corrected chi connectivity index (χ1v) is 10.8. The molecule has 0 saturated carbocycles. The highest BCUT2D eigenvalue weighted by Gasteiger charge is 2.42. The number of ether oxygens (including phenoxy) is 1. The second kappa shape index (κ2) is 8.89. The summed E-state index contributed by atoms with van der Waals surface area (Å²) in [4.78, 5) is 35.0. The zero-order valence-electron chi connectivity index (χ0n) is 18.1. The topological polar surface area (TPSA) is 75.9 Å². The van der Waals surface area contributed by atoms with Gasteiger partial charge >= 0.3 is 0 Å². The minimum absolute atomic E-state index is 0.118. The first kappa shape index (κ1) is 21.1. The maximum Gasteiger partial charge on any atom is 0.290 e. The van der Waals surface area contributed by atoms with Crippen LogP contribution in [0.4, 0.5) is 0 Å². The number of amides is 1. The van der Waals surface area contributed by atoms with E-state index in [-0.39, 0.29) is 17.1 Å². The molecule has 3 aromatic rings. The highest BCUT2D eigenvalue weighted by molar-refractivity contribution is 5.99. The van der Waals surface area contributed by atoms with E-state index in [9.17, 15) is 9.59 Å². The SMILES string of the molecule is CCOc1ccc2c(=O)c3c(oc2c1)C(=O)N(CCN(CC)CC)C3c1ccncc1. The standard InChI is InChI=1S/C24H27N3O4/c1-4-26(5-2)13-14-27-21(16-9-11-25-12-10-16)20-22(28)18-8-7-17(30-6-3)15-19(18)31-23(20)24(27)29/h7-12,15,21H,4-6,13-14H2,1-3H3. The van der Waals surface area contributed by atoms with Crippen LogP contribution in [0.1, 0.15) is 48.5 Å². The second-order valence-corrected chi connectivity index (χ2v) is 7.47. The summed E-state index contributed by atoms with van der Waals surface area (Å²) in [6.07, 6.45) is 3.36. The third kappa shape index (κ3) is 3.81. The third-order valence-corrected chi connectivity index (χ3v) is 5.82. The Morgan fingerprint density at radius 3 is 2.52 bits per heavy atom. The molecule has 1 aliphatic rings. The second-order valence-electron chi connectivity index (χ2n) is 7.47. The van der Waals surface area contributed by atoms with Crippen molar-refractivity contribution in [3.63, 3.8) is 0 Å². The summed E-state index contributed by atoms with van der Waals surface area (Å²) >= 11 is 0. The Bertz CT molecular complexity index is 1140. The molecule has 1 unspecified atom stereocenters. The van der Waals surface area contributed by atoms with Crippen LogP contribution in [0.25, 0.3) is 11.0 Å². The number of pyridine rings is 1. The lowest BCUT2D eigenvalue weighted by atomic mass is 9.99. The third-order valence-electron chi connectivity index (χ3n) is 5.82. The van der Waals surface area contributed by atoms with E-state index in [0.29, 0.717) is 35.4 Å². The summed E-state index contributed by atoms with van der Waals surface area (Å²) in [7, 11) is 0. The van der Waals surface area contributed by atoms with Gasteiger partial charge in [0.05, 0.1) is 23.6 Å². The molecule has 0 saturated heterocycles. The summed E-state index contributed by atoms with van der Waals surface area (Å²) in [6.45, 7) is 9.59. The van der Waals surface area contributed by atoms with E-state index in [0.717, 1.165) is 25.2 Å². The Hall–Kier alpha value is -3.19. The van der Waals surface area contributed by atoms with Crippen molar-refractivity contribution >= 4 is 16.9 Å². The Morgan fingerprint density at radius 2 is 1.84 bits per heavy atom. The molecule has 0 N–H and O–H groups in total. The molecule has 0 spiro atoms. The van der Waals surface area contributed by atoms with E-state index in [1.54, 1.807) is 35.5 Å². The lowest BCUT2D eigenvalue weighted by Crippen LogP contribution is -2.37. The van der Waals surface area contributed by atoms with Crippen molar-refractivity contribution in [2.45, 2.75) is 26.8 Å². The van der Waals surface area contributed by atoms with Gasteiger partial charge in [0, 0.05) is 31.5 Å². The van der Waals surface area contributed by atoms with Gasteiger partial charge in [-0.05, 0) is 49.8 Å². The number of benzene rings is 1. The molecular formula is C24H27N3O4. The molecule has 1 aliphatic heterocycles. The van der Waals surface area contributed by atoms with Gasteiger partial charge in [0.25, 0.3) is 5.91 Å². The fourth-order valence-electron chi connectivity index (χ4n) is 4.17. The number of nitrogens with zero attached hydrogens (tertiary/aromatic N) is 3. The van der Waals surface area contributed by atoms with Crippen LogP contribution in [-0.2, 0) is 0 Å². The van der Waals surface area contributed by atoms with Crippen LogP contribution in [0.15, 0.2) is 51.9 Å². The van der Waals surface area contributed by atoms with E-state index < -0.39 is 6.04 Å². The van der Waals surface area contributed by atoms with Crippen LogP contribution in [0.3, 0.4) is 0 Å². The number of hydrogen-bond donors (Lipinski definition) is 0. The van der Waals surface area contributed by atoms with Crippen molar-refractivity contribution in [3.8, 4) is 5.75 Å². The lowest BCUT2D eigenvalue weighted by Gasteiger charge is -2.28. The Balaban J connectivity index is 1.84. The highest BCUT2D eigenvalue weighted by atomic mass is 16.5. The molecule has 2 aromatic heterocycles. The Kier molecular flexibility index (Phi) is 6.04. The van der Waals surface area contributed by atoms with Gasteiger partial charge < -0.3 is 19.0 Å². The zero-order valence-corrected chi connectivity index (χ0v) is 18.1. The summed E-state index contributed by atoms with van der Waals surface area (Å²) in [5.41, 5.74) is 1.42. The number of rotatable bonds is 8. The maximum absolute atomic E-state index is 13.5. The van der Waals surface area contributed by atoms with E-state index >= 15 is 0 Å².